The summed E-state index contributed by atoms with van der Waals surface area (Å²) in [4.78, 5) is 0. The zero-order valence-electron chi connectivity index (χ0n) is 7.34. The van der Waals surface area contributed by atoms with Gasteiger partial charge in [-0.3, -0.25) is 0 Å². The molecule has 2 N–H and O–H groups in total. The maximum absolute atomic E-state index is 9.89. The maximum atomic E-state index is 9.89. The van der Waals surface area contributed by atoms with Gasteiger partial charge in [0.1, 0.15) is 5.75 Å². The molecule has 0 saturated heterocycles. The topological polar surface area (TPSA) is 40.5 Å². The van der Waals surface area contributed by atoms with Gasteiger partial charge < -0.3 is 10.2 Å². The second-order valence-corrected chi connectivity index (χ2v) is 4.45. The summed E-state index contributed by atoms with van der Waals surface area (Å²) in [6.45, 7) is 1.90. The molecule has 1 aromatic rings. The summed E-state index contributed by atoms with van der Waals surface area (Å²) in [5.41, 5.74) is 1.07. The van der Waals surface area contributed by atoms with Crippen molar-refractivity contribution in [3.05, 3.63) is 27.7 Å². The molecule has 0 radical (unpaired) electrons. The Morgan fingerprint density at radius 3 is 2.54 bits per heavy atom. The van der Waals surface area contributed by atoms with Crippen LogP contribution < -0.4 is 0 Å². The number of hydrogen-bond donors (Lipinski definition) is 2. The predicted molar refractivity (Wildman–Crippen MR) is 53.7 cm³/mol. The Kier molecular flexibility index (Phi) is 1.89. The summed E-state index contributed by atoms with van der Waals surface area (Å²) in [5, 5.41) is 19.3. The van der Waals surface area contributed by atoms with E-state index in [1.165, 1.54) is 0 Å². The Balaban J connectivity index is 2.56. The maximum Gasteiger partial charge on any atom is 0.116 e. The summed E-state index contributed by atoms with van der Waals surface area (Å²) >= 11 is 3.42. The van der Waals surface area contributed by atoms with E-state index in [2.05, 4.69) is 15.9 Å². The van der Waals surface area contributed by atoms with Gasteiger partial charge in [-0.1, -0.05) is 15.9 Å². The third kappa shape index (κ3) is 1.46. The third-order valence-corrected chi connectivity index (χ3v) is 3.52. The highest BCUT2D eigenvalue weighted by Gasteiger charge is 2.43. The molecule has 0 unspecified atom stereocenters. The van der Waals surface area contributed by atoms with E-state index in [4.69, 9.17) is 0 Å². The van der Waals surface area contributed by atoms with Crippen molar-refractivity contribution in [3.63, 3.8) is 0 Å². The monoisotopic (exact) mass is 242 g/mol. The molecule has 1 aliphatic carbocycles. The highest BCUT2D eigenvalue weighted by Crippen LogP contribution is 2.49. The van der Waals surface area contributed by atoms with Crippen LogP contribution in [0.3, 0.4) is 0 Å². The molecule has 1 aromatic carbocycles. The average molecular weight is 243 g/mol. The van der Waals surface area contributed by atoms with Crippen molar-refractivity contribution in [1.82, 2.24) is 0 Å². The van der Waals surface area contributed by atoms with Crippen LogP contribution in [0.4, 0.5) is 0 Å². The highest BCUT2D eigenvalue weighted by molar-refractivity contribution is 9.10. The number of halogens is 1. The lowest BCUT2D eigenvalue weighted by molar-refractivity contribution is 0.150. The summed E-state index contributed by atoms with van der Waals surface area (Å²) in [6, 6.07) is 3.31. The first kappa shape index (κ1) is 9.03. The van der Waals surface area contributed by atoms with Crippen LogP contribution in [0.2, 0.25) is 0 Å². The Bertz CT molecular complexity index is 356. The van der Waals surface area contributed by atoms with Gasteiger partial charge in [0.2, 0.25) is 0 Å². The van der Waals surface area contributed by atoms with Crippen LogP contribution in [-0.4, -0.2) is 10.2 Å². The first-order chi connectivity index (χ1) is 6.03. The van der Waals surface area contributed by atoms with Crippen molar-refractivity contribution >= 4 is 15.9 Å². The summed E-state index contributed by atoms with van der Waals surface area (Å²) in [6.07, 6.45) is 1.57. The second-order valence-electron chi connectivity index (χ2n) is 3.66. The Morgan fingerprint density at radius 1 is 1.38 bits per heavy atom. The molecule has 0 spiro atoms. The normalized spacial score (nSPS) is 18.7. The largest absolute Gasteiger partial charge is 0.508 e. The van der Waals surface area contributed by atoms with Crippen LogP contribution in [0.25, 0.3) is 0 Å². The fourth-order valence-electron chi connectivity index (χ4n) is 1.48. The fraction of sp³-hybridized carbons (Fsp3) is 0.400. The molecule has 13 heavy (non-hydrogen) atoms. The third-order valence-electron chi connectivity index (χ3n) is 2.46. The SMILES string of the molecule is Cc1cc(O)cc(C2(O)CC2)c1Br. The Hall–Kier alpha value is -0.540. The first-order valence-corrected chi connectivity index (χ1v) is 5.04. The van der Waals surface area contributed by atoms with E-state index in [0.717, 1.165) is 28.4 Å². The summed E-state index contributed by atoms with van der Waals surface area (Å²) < 4.78 is 0.908. The van der Waals surface area contributed by atoms with Gasteiger partial charge in [-0.25, -0.2) is 0 Å². The van der Waals surface area contributed by atoms with Crippen molar-refractivity contribution in [3.8, 4) is 5.75 Å². The number of rotatable bonds is 1. The van der Waals surface area contributed by atoms with Gasteiger partial charge in [0, 0.05) is 10.0 Å². The van der Waals surface area contributed by atoms with Gasteiger partial charge in [-0.2, -0.15) is 0 Å². The zero-order chi connectivity index (χ0) is 9.64. The predicted octanol–water partition coefficient (Wildman–Crippen LogP) is 2.44. The molecule has 3 heteroatoms. The molecule has 0 heterocycles. The summed E-state index contributed by atoms with van der Waals surface area (Å²) in [7, 11) is 0. The number of phenolic OH excluding ortho intramolecular Hbond substituents is 1. The molecular weight excluding hydrogens is 232 g/mol. The number of hydrogen-bond acceptors (Lipinski definition) is 2. The van der Waals surface area contributed by atoms with Gasteiger partial charge in [0.25, 0.3) is 0 Å². The molecule has 0 atom stereocenters. The highest BCUT2D eigenvalue weighted by atomic mass is 79.9. The molecule has 2 nitrogen and oxygen atoms in total. The molecule has 1 aliphatic rings. The van der Waals surface area contributed by atoms with Gasteiger partial charge in [0.05, 0.1) is 5.60 Å². The van der Waals surface area contributed by atoms with Gasteiger partial charge >= 0.3 is 0 Å². The van der Waals surface area contributed by atoms with Crippen molar-refractivity contribution in [1.29, 1.82) is 0 Å². The van der Waals surface area contributed by atoms with Crippen LogP contribution in [0, 0.1) is 6.92 Å². The van der Waals surface area contributed by atoms with Crippen molar-refractivity contribution in [2.45, 2.75) is 25.4 Å². The minimum atomic E-state index is -0.692. The standard InChI is InChI=1S/C10H11BrO2/c1-6-4-7(12)5-8(9(6)11)10(13)2-3-10/h4-5,12-13H,2-3H2,1H3. The first-order valence-electron chi connectivity index (χ1n) is 4.25. The van der Waals surface area contributed by atoms with Crippen LogP contribution in [0.1, 0.15) is 24.0 Å². The molecule has 0 aromatic heterocycles. The van der Waals surface area contributed by atoms with E-state index in [1.54, 1.807) is 12.1 Å². The number of aryl methyl sites for hydroxylation is 1. The van der Waals surface area contributed by atoms with Gasteiger partial charge in [0.15, 0.2) is 0 Å². The zero-order valence-corrected chi connectivity index (χ0v) is 8.93. The van der Waals surface area contributed by atoms with E-state index in [-0.39, 0.29) is 5.75 Å². The quantitative estimate of drug-likeness (QED) is 0.795. The number of aliphatic hydroxyl groups is 1. The molecule has 0 aliphatic heterocycles. The molecule has 0 bridgehead atoms. The van der Waals surface area contributed by atoms with E-state index >= 15 is 0 Å². The molecular formula is C10H11BrO2. The van der Waals surface area contributed by atoms with Gasteiger partial charge in [-0.15, -0.1) is 0 Å². The van der Waals surface area contributed by atoms with Crippen molar-refractivity contribution < 1.29 is 10.2 Å². The van der Waals surface area contributed by atoms with E-state index in [0.29, 0.717) is 0 Å². The van der Waals surface area contributed by atoms with Crippen molar-refractivity contribution in [2.75, 3.05) is 0 Å². The van der Waals surface area contributed by atoms with Crippen LogP contribution in [-0.2, 0) is 5.60 Å². The minimum absolute atomic E-state index is 0.219. The Morgan fingerprint density at radius 2 is 2.00 bits per heavy atom. The summed E-state index contributed by atoms with van der Waals surface area (Å²) in [5.74, 6) is 0.219. The number of phenols is 1. The molecule has 0 amide bonds. The lowest BCUT2D eigenvalue weighted by atomic mass is 10.0. The van der Waals surface area contributed by atoms with E-state index < -0.39 is 5.60 Å². The fourth-order valence-corrected chi connectivity index (χ4v) is 2.07. The average Bonchev–Trinajstić information content (AvgIpc) is 2.77. The lowest BCUT2D eigenvalue weighted by Crippen LogP contribution is -2.05. The Labute approximate surface area is 85.3 Å². The lowest BCUT2D eigenvalue weighted by Gasteiger charge is -2.12. The smallest absolute Gasteiger partial charge is 0.116 e. The molecule has 1 fully saturated rings. The molecule has 2 rings (SSSR count). The van der Waals surface area contributed by atoms with Crippen LogP contribution >= 0.6 is 15.9 Å². The second kappa shape index (κ2) is 2.72. The molecule has 70 valence electrons. The number of aromatic hydroxyl groups is 1. The van der Waals surface area contributed by atoms with Crippen molar-refractivity contribution in [2.24, 2.45) is 0 Å². The van der Waals surface area contributed by atoms with Crippen LogP contribution in [0.15, 0.2) is 16.6 Å². The molecule has 1 saturated carbocycles. The van der Waals surface area contributed by atoms with E-state index in [9.17, 15) is 10.2 Å². The minimum Gasteiger partial charge on any atom is -0.508 e. The van der Waals surface area contributed by atoms with Gasteiger partial charge in [-0.05, 0) is 37.5 Å². The number of benzene rings is 1. The van der Waals surface area contributed by atoms with Crippen LogP contribution in [0.5, 0.6) is 5.75 Å². The van der Waals surface area contributed by atoms with E-state index in [1.807, 2.05) is 6.92 Å².